The maximum atomic E-state index is 14.4. The molecule has 1 aromatic carbocycles. The molecule has 1 saturated heterocycles. The Labute approximate surface area is 151 Å². The van der Waals surface area contributed by atoms with E-state index >= 15 is 0 Å². The molecule has 1 aliphatic heterocycles. The van der Waals surface area contributed by atoms with Crippen LogP contribution in [0.1, 0.15) is 24.8 Å². The normalized spacial score (nSPS) is 18.8. The fraction of sp³-hybridized carbons (Fsp3) is 0.556. The van der Waals surface area contributed by atoms with Crippen LogP contribution in [0.2, 0.25) is 0 Å². The largest absolute Gasteiger partial charge is 0.382 e. The van der Waals surface area contributed by atoms with Gasteiger partial charge in [-0.1, -0.05) is 11.3 Å². The molecule has 6 nitrogen and oxygen atoms in total. The molecule has 2 aromatic rings. The Bertz CT molecular complexity index is 704. The van der Waals surface area contributed by atoms with Crippen LogP contribution in [0.15, 0.2) is 30.6 Å². The third kappa shape index (κ3) is 4.44. The van der Waals surface area contributed by atoms with Gasteiger partial charge in [-0.25, -0.2) is 13.5 Å². The number of piperidine rings is 1. The molecule has 0 saturated carbocycles. The number of aliphatic hydroxyl groups is 1. The van der Waals surface area contributed by atoms with E-state index in [1.807, 2.05) is 0 Å². The number of aromatic nitrogens is 3. The first-order valence-electron chi connectivity index (χ1n) is 8.94. The van der Waals surface area contributed by atoms with Gasteiger partial charge in [0.2, 0.25) is 0 Å². The van der Waals surface area contributed by atoms with Gasteiger partial charge in [0, 0.05) is 24.4 Å². The molecule has 0 spiro atoms. The van der Waals surface area contributed by atoms with Gasteiger partial charge in [0.1, 0.15) is 17.2 Å². The third-order valence-corrected chi connectivity index (χ3v) is 5.10. The summed E-state index contributed by atoms with van der Waals surface area (Å²) < 4.78 is 29.2. The Morgan fingerprint density at radius 3 is 2.62 bits per heavy atom. The number of β-amino-alcohol motifs (C(OH)–C–C–N with tert-alkyl or cyclic N) is 1. The van der Waals surface area contributed by atoms with Crippen molar-refractivity contribution in [2.75, 3.05) is 26.2 Å². The van der Waals surface area contributed by atoms with Crippen LogP contribution < -0.4 is 5.73 Å². The Kier molecular flexibility index (Phi) is 5.95. The van der Waals surface area contributed by atoms with Gasteiger partial charge in [-0.15, -0.1) is 5.10 Å². The van der Waals surface area contributed by atoms with Gasteiger partial charge in [-0.05, 0) is 50.9 Å². The van der Waals surface area contributed by atoms with Crippen LogP contribution >= 0.6 is 0 Å². The predicted molar refractivity (Wildman–Crippen MR) is 93.1 cm³/mol. The van der Waals surface area contributed by atoms with Crippen LogP contribution in [0.3, 0.4) is 0 Å². The van der Waals surface area contributed by atoms with Crippen molar-refractivity contribution < 1.29 is 13.9 Å². The lowest BCUT2D eigenvalue weighted by Crippen LogP contribution is -2.47. The first-order chi connectivity index (χ1) is 12.5. The molecule has 142 valence electrons. The molecule has 1 unspecified atom stereocenters. The second-order valence-corrected chi connectivity index (χ2v) is 7.05. The molecule has 0 radical (unpaired) electrons. The molecular weight excluding hydrogens is 340 g/mol. The highest BCUT2D eigenvalue weighted by Gasteiger charge is 2.36. The summed E-state index contributed by atoms with van der Waals surface area (Å²) in [5.41, 5.74) is 4.17. The number of hydrogen-bond acceptors (Lipinski definition) is 5. The summed E-state index contributed by atoms with van der Waals surface area (Å²) in [6.07, 6.45) is 6.12. The third-order valence-electron chi connectivity index (χ3n) is 5.10. The van der Waals surface area contributed by atoms with E-state index in [-0.39, 0.29) is 18.7 Å². The summed E-state index contributed by atoms with van der Waals surface area (Å²) in [7, 11) is 0. The van der Waals surface area contributed by atoms with Crippen LogP contribution in [-0.4, -0.2) is 51.2 Å². The summed E-state index contributed by atoms with van der Waals surface area (Å²) in [6, 6.07) is 3.27. The zero-order chi connectivity index (χ0) is 18.6. The molecule has 1 aromatic heterocycles. The second kappa shape index (κ2) is 8.20. The lowest BCUT2D eigenvalue weighted by molar-refractivity contribution is -0.0291. The summed E-state index contributed by atoms with van der Waals surface area (Å²) in [5.74, 6) is -0.829. The van der Waals surface area contributed by atoms with E-state index in [0.29, 0.717) is 12.5 Å². The van der Waals surface area contributed by atoms with Gasteiger partial charge < -0.3 is 15.7 Å². The lowest BCUT2D eigenvalue weighted by atomic mass is 9.89. The molecule has 26 heavy (non-hydrogen) atoms. The van der Waals surface area contributed by atoms with Gasteiger partial charge in [-0.3, -0.25) is 0 Å². The SMILES string of the molecule is NCCC1CCN(CC(O)(Cn2ccnn2)c2ccc(F)cc2F)CC1. The van der Waals surface area contributed by atoms with E-state index < -0.39 is 17.2 Å². The maximum Gasteiger partial charge on any atom is 0.132 e. The zero-order valence-electron chi connectivity index (χ0n) is 14.7. The molecule has 8 heteroatoms. The van der Waals surface area contributed by atoms with E-state index in [2.05, 4.69) is 15.2 Å². The quantitative estimate of drug-likeness (QED) is 0.777. The number of hydrogen-bond donors (Lipinski definition) is 2. The van der Waals surface area contributed by atoms with Gasteiger partial charge in [0.25, 0.3) is 0 Å². The zero-order valence-corrected chi connectivity index (χ0v) is 14.7. The smallest absolute Gasteiger partial charge is 0.132 e. The summed E-state index contributed by atoms with van der Waals surface area (Å²) in [6.45, 7) is 2.59. The minimum absolute atomic E-state index is 0.0400. The van der Waals surface area contributed by atoms with E-state index in [1.165, 1.54) is 16.9 Å². The van der Waals surface area contributed by atoms with Gasteiger partial charge in [0.05, 0.1) is 12.7 Å². The minimum atomic E-state index is -1.54. The topological polar surface area (TPSA) is 80.2 Å². The summed E-state index contributed by atoms with van der Waals surface area (Å²) in [4.78, 5) is 2.12. The van der Waals surface area contributed by atoms with E-state index in [9.17, 15) is 13.9 Å². The first-order valence-corrected chi connectivity index (χ1v) is 8.94. The number of benzene rings is 1. The van der Waals surface area contributed by atoms with Crippen LogP contribution in [0.4, 0.5) is 8.78 Å². The molecule has 0 aliphatic carbocycles. The van der Waals surface area contributed by atoms with Crippen molar-refractivity contribution in [3.05, 3.63) is 47.8 Å². The van der Waals surface area contributed by atoms with E-state index in [4.69, 9.17) is 5.73 Å². The molecule has 0 bridgehead atoms. The molecule has 1 atom stereocenters. The average molecular weight is 365 g/mol. The van der Waals surface area contributed by atoms with Crippen molar-refractivity contribution >= 4 is 0 Å². The van der Waals surface area contributed by atoms with Crippen LogP contribution in [-0.2, 0) is 12.1 Å². The number of likely N-dealkylation sites (tertiary alicyclic amines) is 1. The first kappa shape index (κ1) is 18.9. The van der Waals surface area contributed by atoms with Crippen molar-refractivity contribution in [3.63, 3.8) is 0 Å². The lowest BCUT2D eigenvalue weighted by Gasteiger charge is -2.38. The Balaban J connectivity index is 1.79. The molecule has 3 rings (SSSR count). The van der Waals surface area contributed by atoms with Crippen LogP contribution in [0, 0.1) is 17.6 Å². The Morgan fingerprint density at radius 2 is 2.00 bits per heavy atom. The molecule has 1 aliphatic rings. The van der Waals surface area contributed by atoms with Crippen molar-refractivity contribution in [3.8, 4) is 0 Å². The van der Waals surface area contributed by atoms with Crippen molar-refractivity contribution in [1.29, 1.82) is 0 Å². The average Bonchev–Trinajstić information content (AvgIpc) is 3.09. The van der Waals surface area contributed by atoms with Crippen LogP contribution in [0.25, 0.3) is 0 Å². The van der Waals surface area contributed by atoms with Crippen LogP contribution in [0.5, 0.6) is 0 Å². The number of nitrogens with two attached hydrogens (primary N) is 1. The van der Waals surface area contributed by atoms with Crippen molar-refractivity contribution in [1.82, 2.24) is 19.9 Å². The van der Waals surface area contributed by atoms with Gasteiger partial charge >= 0.3 is 0 Å². The monoisotopic (exact) mass is 365 g/mol. The molecule has 3 N–H and O–H groups in total. The van der Waals surface area contributed by atoms with E-state index in [0.717, 1.165) is 44.5 Å². The maximum absolute atomic E-state index is 14.4. The highest BCUT2D eigenvalue weighted by molar-refractivity contribution is 5.25. The summed E-state index contributed by atoms with van der Waals surface area (Å²) >= 11 is 0. The van der Waals surface area contributed by atoms with Crippen molar-refractivity contribution in [2.24, 2.45) is 11.7 Å². The standard InChI is InChI=1S/C18H25F2N5O/c19-15-1-2-16(17(20)11-15)18(26,13-25-10-7-22-23-25)12-24-8-4-14(3-6-21)5-9-24/h1-2,7,10-11,14,26H,3-6,8-9,12-13,21H2. The fourth-order valence-electron chi connectivity index (χ4n) is 3.71. The fourth-order valence-corrected chi connectivity index (χ4v) is 3.71. The molecule has 1 fully saturated rings. The number of nitrogens with zero attached hydrogens (tertiary/aromatic N) is 4. The minimum Gasteiger partial charge on any atom is -0.382 e. The highest BCUT2D eigenvalue weighted by atomic mass is 19.1. The number of rotatable bonds is 7. The van der Waals surface area contributed by atoms with Gasteiger partial charge in [0.15, 0.2) is 0 Å². The molecule has 2 heterocycles. The van der Waals surface area contributed by atoms with Gasteiger partial charge in [-0.2, -0.15) is 0 Å². The molecular formula is C18H25F2N5O. The summed E-state index contributed by atoms with van der Waals surface area (Å²) in [5, 5.41) is 19.0. The Hall–Kier alpha value is -1.90. The van der Waals surface area contributed by atoms with E-state index in [1.54, 1.807) is 6.20 Å². The van der Waals surface area contributed by atoms with Crippen molar-refractivity contribution in [2.45, 2.75) is 31.4 Å². The second-order valence-electron chi connectivity index (χ2n) is 7.05. The molecule has 0 amide bonds. The highest BCUT2D eigenvalue weighted by Crippen LogP contribution is 2.30. The number of halogens is 2. The Morgan fingerprint density at radius 1 is 1.23 bits per heavy atom. The predicted octanol–water partition coefficient (Wildman–Crippen LogP) is 1.50.